The van der Waals surface area contributed by atoms with E-state index in [9.17, 15) is 13.8 Å². The van der Waals surface area contributed by atoms with Crippen LogP contribution in [0.2, 0.25) is 0 Å². The van der Waals surface area contributed by atoms with Gasteiger partial charge in [0.15, 0.2) is 0 Å². The molecule has 1 fully saturated rings. The Balaban J connectivity index is 2.44. The van der Waals surface area contributed by atoms with Crippen molar-refractivity contribution in [3.05, 3.63) is 0 Å². The van der Waals surface area contributed by atoms with Crippen LogP contribution in [0, 0.1) is 0 Å². The van der Waals surface area contributed by atoms with Crippen LogP contribution in [0.3, 0.4) is 0 Å². The first-order valence-corrected chi connectivity index (χ1v) is 6.41. The summed E-state index contributed by atoms with van der Waals surface area (Å²) in [6, 6.07) is -0.437. The van der Waals surface area contributed by atoms with Crippen LogP contribution in [0.4, 0.5) is 0 Å². The second kappa shape index (κ2) is 4.85. The van der Waals surface area contributed by atoms with E-state index >= 15 is 0 Å². The molecular formula is C9H16N2O3S. The van der Waals surface area contributed by atoms with E-state index in [2.05, 4.69) is 5.32 Å². The lowest BCUT2D eigenvalue weighted by Crippen LogP contribution is -2.41. The molecule has 1 aliphatic rings. The van der Waals surface area contributed by atoms with Crippen molar-refractivity contribution in [2.24, 2.45) is 0 Å². The predicted octanol–water partition coefficient (Wildman–Crippen LogP) is -0.900. The average Bonchev–Trinajstić information content (AvgIpc) is 2.42. The Morgan fingerprint density at radius 1 is 1.60 bits per heavy atom. The number of rotatable bonds is 4. The largest absolute Gasteiger partial charge is 0.304 e. The zero-order valence-electron chi connectivity index (χ0n) is 9.15. The van der Waals surface area contributed by atoms with Crippen molar-refractivity contribution in [3.63, 3.8) is 0 Å². The number of imide groups is 1. The van der Waals surface area contributed by atoms with Crippen LogP contribution in [0.1, 0.15) is 13.3 Å². The molecule has 0 spiro atoms. The van der Waals surface area contributed by atoms with E-state index in [1.165, 1.54) is 7.05 Å². The van der Waals surface area contributed by atoms with Crippen LogP contribution in [0.5, 0.6) is 0 Å². The molecule has 6 heteroatoms. The number of hydrogen-bond acceptors (Lipinski definition) is 4. The lowest BCUT2D eigenvalue weighted by Gasteiger charge is -2.13. The first kappa shape index (κ1) is 12.3. The van der Waals surface area contributed by atoms with Gasteiger partial charge in [0.25, 0.3) is 0 Å². The highest BCUT2D eigenvalue weighted by Gasteiger charge is 2.35. The van der Waals surface area contributed by atoms with Gasteiger partial charge in [-0.3, -0.25) is 18.7 Å². The maximum Gasteiger partial charge on any atom is 0.246 e. The zero-order chi connectivity index (χ0) is 11.6. The van der Waals surface area contributed by atoms with Gasteiger partial charge in [0.2, 0.25) is 11.8 Å². The summed E-state index contributed by atoms with van der Waals surface area (Å²) in [7, 11) is 0.569. The number of nitrogens with zero attached hydrogens (tertiary/aromatic N) is 1. The van der Waals surface area contributed by atoms with Crippen LogP contribution >= 0.6 is 0 Å². The summed E-state index contributed by atoms with van der Waals surface area (Å²) in [4.78, 5) is 23.8. The number of carbonyl (C=O) groups excluding carboxylic acids is 2. The lowest BCUT2D eigenvalue weighted by molar-refractivity contribution is -0.137. The molecule has 0 aliphatic carbocycles. The highest BCUT2D eigenvalue weighted by atomic mass is 32.2. The van der Waals surface area contributed by atoms with Crippen molar-refractivity contribution >= 4 is 22.6 Å². The van der Waals surface area contributed by atoms with E-state index in [4.69, 9.17) is 0 Å². The molecule has 1 aliphatic heterocycles. The number of likely N-dealkylation sites (tertiary alicyclic amines) is 1. The molecule has 1 heterocycles. The molecule has 2 amide bonds. The summed E-state index contributed by atoms with van der Waals surface area (Å²) in [6.07, 6.45) is 1.83. The quantitative estimate of drug-likeness (QED) is 0.638. The Kier molecular flexibility index (Phi) is 3.98. The molecule has 1 rings (SSSR count). The fourth-order valence-corrected chi connectivity index (χ4v) is 1.67. The molecule has 0 radical (unpaired) electrons. The fourth-order valence-electron chi connectivity index (χ4n) is 1.34. The maximum atomic E-state index is 11.5. The number of nitrogens with one attached hydrogen (secondary N) is 1. The van der Waals surface area contributed by atoms with Gasteiger partial charge in [0.05, 0.1) is 12.5 Å². The Labute approximate surface area is 91.7 Å². The highest BCUT2D eigenvalue weighted by Crippen LogP contribution is 2.10. The first-order valence-electron chi connectivity index (χ1n) is 4.79. The van der Waals surface area contributed by atoms with Crippen molar-refractivity contribution in [2.75, 3.05) is 19.8 Å². The van der Waals surface area contributed by atoms with Crippen molar-refractivity contribution in [3.8, 4) is 0 Å². The second-order valence-corrected chi connectivity index (χ2v) is 5.57. The summed E-state index contributed by atoms with van der Waals surface area (Å²) < 4.78 is 11.1. The molecule has 5 nitrogen and oxygen atoms in total. The van der Waals surface area contributed by atoms with Gasteiger partial charge in [0.1, 0.15) is 0 Å². The van der Waals surface area contributed by atoms with Gasteiger partial charge in [-0.2, -0.15) is 0 Å². The van der Waals surface area contributed by atoms with Gasteiger partial charge in [-0.15, -0.1) is 0 Å². The number of amides is 2. The fraction of sp³-hybridized carbons (Fsp3) is 0.778. The van der Waals surface area contributed by atoms with E-state index in [-0.39, 0.29) is 23.5 Å². The molecule has 3 unspecified atom stereocenters. The molecule has 0 bridgehead atoms. The predicted molar refractivity (Wildman–Crippen MR) is 57.7 cm³/mol. The van der Waals surface area contributed by atoms with Crippen molar-refractivity contribution in [1.82, 2.24) is 10.2 Å². The van der Waals surface area contributed by atoms with Crippen molar-refractivity contribution in [1.29, 1.82) is 0 Å². The van der Waals surface area contributed by atoms with E-state index in [0.29, 0.717) is 6.54 Å². The smallest absolute Gasteiger partial charge is 0.246 e. The summed E-state index contributed by atoms with van der Waals surface area (Å²) in [6.45, 7) is 2.33. The first-order chi connectivity index (χ1) is 6.93. The second-order valence-electron chi connectivity index (χ2n) is 3.77. The SMILES string of the molecule is CC(CNC1CC(=O)N(C)C1=O)S(C)=O. The van der Waals surface area contributed by atoms with Gasteiger partial charge in [-0.25, -0.2) is 0 Å². The van der Waals surface area contributed by atoms with Crippen molar-refractivity contribution in [2.45, 2.75) is 24.6 Å². The minimum absolute atomic E-state index is 0.0150. The van der Waals surface area contributed by atoms with E-state index in [1.807, 2.05) is 6.92 Å². The van der Waals surface area contributed by atoms with Crippen LogP contribution in [0.25, 0.3) is 0 Å². The molecule has 15 heavy (non-hydrogen) atoms. The van der Waals surface area contributed by atoms with E-state index in [0.717, 1.165) is 4.90 Å². The standard InChI is InChI=1S/C9H16N2O3S/c1-6(15(3)14)5-10-7-4-8(12)11(2)9(7)13/h6-7,10H,4-5H2,1-3H3. The lowest BCUT2D eigenvalue weighted by atomic mass is 10.2. The third-order valence-electron chi connectivity index (χ3n) is 2.60. The molecule has 1 N–H and O–H groups in total. The average molecular weight is 232 g/mol. The Morgan fingerprint density at radius 2 is 2.20 bits per heavy atom. The third kappa shape index (κ3) is 2.85. The highest BCUT2D eigenvalue weighted by molar-refractivity contribution is 7.84. The minimum Gasteiger partial charge on any atom is -0.304 e. The van der Waals surface area contributed by atoms with Gasteiger partial charge in [-0.05, 0) is 6.92 Å². The van der Waals surface area contributed by atoms with Crippen LogP contribution in [-0.4, -0.2) is 52.1 Å². The molecule has 0 aromatic rings. The van der Waals surface area contributed by atoms with Crippen LogP contribution in [0.15, 0.2) is 0 Å². The van der Waals surface area contributed by atoms with E-state index in [1.54, 1.807) is 6.26 Å². The van der Waals surface area contributed by atoms with Crippen LogP contribution < -0.4 is 5.32 Å². The molecule has 0 saturated carbocycles. The van der Waals surface area contributed by atoms with Gasteiger partial charge in [-0.1, -0.05) is 0 Å². The minimum atomic E-state index is -0.911. The number of hydrogen-bond donors (Lipinski definition) is 1. The summed E-state index contributed by atoms with van der Waals surface area (Å²) in [5.74, 6) is -0.364. The number of carbonyl (C=O) groups is 2. The molecule has 3 atom stereocenters. The van der Waals surface area contributed by atoms with E-state index < -0.39 is 16.8 Å². The molecular weight excluding hydrogens is 216 g/mol. The molecule has 86 valence electrons. The third-order valence-corrected chi connectivity index (χ3v) is 3.90. The zero-order valence-corrected chi connectivity index (χ0v) is 9.97. The van der Waals surface area contributed by atoms with Gasteiger partial charge < -0.3 is 5.32 Å². The Bertz CT molecular complexity index is 306. The molecule has 0 aromatic heterocycles. The molecule has 1 saturated heterocycles. The van der Waals surface area contributed by atoms with Crippen molar-refractivity contribution < 1.29 is 13.8 Å². The van der Waals surface area contributed by atoms with Gasteiger partial charge >= 0.3 is 0 Å². The number of likely N-dealkylation sites (N-methyl/N-ethyl adjacent to an activating group) is 1. The Hall–Kier alpha value is -0.750. The maximum absolute atomic E-state index is 11.5. The van der Waals surface area contributed by atoms with Gasteiger partial charge in [0, 0.05) is 35.9 Å². The molecule has 0 aromatic carbocycles. The normalized spacial score (nSPS) is 25.8. The Morgan fingerprint density at radius 3 is 2.60 bits per heavy atom. The van der Waals surface area contributed by atoms with Crippen LogP contribution in [-0.2, 0) is 20.4 Å². The summed E-state index contributed by atoms with van der Waals surface area (Å²) in [5.41, 5.74) is 0. The topological polar surface area (TPSA) is 66.5 Å². The summed E-state index contributed by atoms with van der Waals surface area (Å²) in [5, 5.41) is 2.95. The monoisotopic (exact) mass is 232 g/mol. The summed E-state index contributed by atoms with van der Waals surface area (Å²) >= 11 is 0.